The first kappa shape index (κ1) is 13.9. The van der Waals surface area contributed by atoms with Crippen molar-refractivity contribution in [3.8, 4) is 0 Å². The molecule has 0 aromatic rings. The zero-order valence-electron chi connectivity index (χ0n) is 9.69. The SMILES string of the molecule is CCN(CC(=O)N(C)C)C(=O)CCCO. The Morgan fingerprint density at radius 3 is 2.20 bits per heavy atom. The standard InChI is InChI=1S/C10H20N2O3/c1-4-12(8-10(15)11(2)3)9(14)6-5-7-13/h13H,4-8H2,1-3H3. The second-order valence-electron chi connectivity index (χ2n) is 3.52. The summed E-state index contributed by atoms with van der Waals surface area (Å²) < 4.78 is 0. The summed E-state index contributed by atoms with van der Waals surface area (Å²) in [6.07, 6.45) is 0.747. The molecule has 88 valence electrons. The summed E-state index contributed by atoms with van der Waals surface area (Å²) >= 11 is 0. The van der Waals surface area contributed by atoms with Crippen LogP contribution in [-0.4, -0.2) is 60.5 Å². The van der Waals surface area contributed by atoms with E-state index in [1.807, 2.05) is 6.92 Å². The van der Waals surface area contributed by atoms with Gasteiger partial charge in [-0.15, -0.1) is 0 Å². The lowest BCUT2D eigenvalue weighted by molar-refractivity contribution is -0.139. The highest BCUT2D eigenvalue weighted by atomic mass is 16.3. The predicted molar refractivity (Wildman–Crippen MR) is 57.3 cm³/mol. The number of amides is 2. The Hall–Kier alpha value is -1.10. The van der Waals surface area contributed by atoms with Crippen molar-refractivity contribution in [3.63, 3.8) is 0 Å². The second-order valence-corrected chi connectivity index (χ2v) is 3.52. The van der Waals surface area contributed by atoms with Crippen LogP contribution in [0.15, 0.2) is 0 Å². The Morgan fingerprint density at radius 2 is 1.80 bits per heavy atom. The van der Waals surface area contributed by atoms with Crippen molar-refractivity contribution in [1.29, 1.82) is 0 Å². The molecule has 0 aromatic heterocycles. The summed E-state index contributed by atoms with van der Waals surface area (Å²) in [5.74, 6) is -0.170. The molecule has 2 amide bonds. The molecular weight excluding hydrogens is 196 g/mol. The normalized spacial score (nSPS) is 9.87. The van der Waals surface area contributed by atoms with E-state index in [4.69, 9.17) is 5.11 Å². The van der Waals surface area contributed by atoms with Gasteiger partial charge in [0.25, 0.3) is 0 Å². The van der Waals surface area contributed by atoms with Crippen molar-refractivity contribution in [2.45, 2.75) is 19.8 Å². The minimum atomic E-state index is -0.0887. The van der Waals surface area contributed by atoms with E-state index < -0.39 is 0 Å². The van der Waals surface area contributed by atoms with Crippen molar-refractivity contribution in [2.75, 3.05) is 33.8 Å². The van der Waals surface area contributed by atoms with Crippen LogP contribution < -0.4 is 0 Å². The number of hydrogen-bond acceptors (Lipinski definition) is 3. The van der Waals surface area contributed by atoms with E-state index in [2.05, 4.69) is 0 Å². The molecule has 5 nitrogen and oxygen atoms in total. The zero-order valence-corrected chi connectivity index (χ0v) is 9.69. The molecule has 0 heterocycles. The number of aliphatic hydroxyl groups excluding tert-OH is 1. The number of carbonyl (C=O) groups excluding carboxylic acids is 2. The number of carbonyl (C=O) groups is 2. The van der Waals surface area contributed by atoms with Crippen LogP contribution >= 0.6 is 0 Å². The van der Waals surface area contributed by atoms with Crippen molar-refractivity contribution >= 4 is 11.8 Å². The highest BCUT2D eigenvalue weighted by Gasteiger charge is 2.15. The Bertz CT molecular complexity index is 217. The Kier molecular flexibility index (Phi) is 6.70. The first-order valence-electron chi connectivity index (χ1n) is 5.11. The Balaban J connectivity index is 4.12. The number of aliphatic hydroxyl groups is 1. The third-order valence-electron chi connectivity index (χ3n) is 2.11. The molecule has 0 bridgehead atoms. The van der Waals surface area contributed by atoms with Crippen LogP contribution in [0.1, 0.15) is 19.8 Å². The number of hydrogen-bond donors (Lipinski definition) is 1. The van der Waals surface area contributed by atoms with Crippen LogP contribution in [-0.2, 0) is 9.59 Å². The van der Waals surface area contributed by atoms with Gasteiger partial charge in [0.15, 0.2) is 0 Å². The van der Waals surface area contributed by atoms with E-state index in [0.717, 1.165) is 0 Å². The Morgan fingerprint density at radius 1 is 1.20 bits per heavy atom. The summed E-state index contributed by atoms with van der Waals surface area (Å²) in [6.45, 7) is 2.47. The summed E-state index contributed by atoms with van der Waals surface area (Å²) in [4.78, 5) is 25.9. The van der Waals surface area contributed by atoms with Gasteiger partial charge in [0, 0.05) is 33.7 Å². The van der Waals surface area contributed by atoms with Crippen molar-refractivity contribution < 1.29 is 14.7 Å². The fourth-order valence-corrected chi connectivity index (χ4v) is 1.07. The minimum Gasteiger partial charge on any atom is -0.396 e. The van der Waals surface area contributed by atoms with E-state index in [0.29, 0.717) is 19.4 Å². The van der Waals surface area contributed by atoms with E-state index >= 15 is 0 Å². The zero-order chi connectivity index (χ0) is 11.8. The molecule has 0 aromatic carbocycles. The molecule has 5 heteroatoms. The van der Waals surface area contributed by atoms with E-state index in [1.165, 1.54) is 9.80 Å². The van der Waals surface area contributed by atoms with Gasteiger partial charge >= 0.3 is 0 Å². The topological polar surface area (TPSA) is 60.9 Å². The minimum absolute atomic E-state index is 0.00488. The molecular formula is C10H20N2O3. The van der Waals surface area contributed by atoms with Crippen LogP contribution in [0, 0.1) is 0 Å². The number of likely N-dealkylation sites (N-methyl/N-ethyl adjacent to an activating group) is 2. The van der Waals surface area contributed by atoms with Crippen LogP contribution in [0.5, 0.6) is 0 Å². The monoisotopic (exact) mass is 216 g/mol. The molecule has 0 saturated carbocycles. The average Bonchev–Trinajstić information content (AvgIpc) is 2.21. The van der Waals surface area contributed by atoms with E-state index in [9.17, 15) is 9.59 Å². The molecule has 0 unspecified atom stereocenters. The van der Waals surface area contributed by atoms with Gasteiger partial charge in [-0.25, -0.2) is 0 Å². The average molecular weight is 216 g/mol. The smallest absolute Gasteiger partial charge is 0.241 e. The molecule has 0 radical (unpaired) electrons. The van der Waals surface area contributed by atoms with Gasteiger partial charge in [0.05, 0.1) is 6.54 Å². The maximum Gasteiger partial charge on any atom is 0.241 e. The quantitative estimate of drug-likeness (QED) is 0.663. The molecule has 0 spiro atoms. The van der Waals surface area contributed by atoms with Crippen molar-refractivity contribution in [1.82, 2.24) is 9.80 Å². The first-order chi connectivity index (χ1) is 7.02. The van der Waals surface area contributed by atoms with Gasteiger partial charge in [0.1, 0.15) is 0 Å². The lowest BCUT2D eigenvalue weighted by Crippen LogP contribution is -2.40. The molecule has 0 fully saturated rings. The van der Waals surface area contributed by atoms with Crippen LogP contribution in [0.25, 0.3) is 0 Å². The van der Waals surface area contributed by atoms with E-state index in [-0.39, 0.29) is 25.0 Å². The van der Waals surface area contributed by atoms with Gasteiger partial charge < -0.3 is 14.9 Å². The molecule has 1 N–H and O–H groups in total. The molecule has 0 aliphatic rings. The Labute approximate surface area is 90.7 Å². The third-order valence-corrected chi connectivity index (χ3v) is 2.11. The summed E-state index contributed by atoms with van der Waals surface area (Å²) in [5, 5.41) is 8.59. The van der Waals surface area contributed by atoms with Crippen LogP contribution in [0.2, 0.25) is 0 Å². The maximum atomic E-state index is 11.5. The highest BCUT2D eigenvalue weighted by Crippen LogP contribution is 1.98. The van der Waals surface area contributed by atoms with Crippen LogP contribution in [0.4, 0.5) is 0 Å². The lowest BCUT2D eigenvalue weighted by atomic mass is 10.3. The third kappa shape index (κ3) is 5.37. The maximum absolute atomic E-state index is 11.5. The lowest BCUT2D eigenvalue weighted by Gasteiger charge is -2.22. The fourth-order valence-electron chi connectivity index (χ4n) is 1.07. The largest absolute Gasteiger partial charge is 0.396 e. The number of rotatable bonds is 6. The summed E-state index contributed by atoms with van der Waals surface area (Å²) in [6, 6.07) is 0. The molecule has 0 saturated heterocycles. The second kappa shape index (κ2) is 7.23. The molecule has 0 aliphatic heterocycles. The summed E-state index contributed by atoms with van der Waals surface area (Å²) in [7, 11) is 3.32. The van der Waals surface area contributed by atoms with Crippen LogP contribution in [0.3, 0.4) is 0 Å². The van der Waals surface area contributed by atoms with Gasteiger partial charge in [-0.05, 0) is 13.3 Å². The first-order valence-corrected chi connectivity index (χ1v) is 5.11. The molecule has 0 rings (SSSR count). The van der Waals surface area contributed by atoms with Crippen molar-refractivity contribution in [2.24, 2.45) is 0 Å². The molecule has 15 heavy (non-hydrogen) atoms. The predicted octanol–water partition coefficient (Wildman–Crippen LogP) is -0.304. The molecule has 0 aliphatic carbocycles. The molecule has 0 atom stereocenters. The number of nitrogens with zero attached hydrogens (tertiary/aromatic N) is 2. The van der Waals surface area contributed by atoms with Crippen molar-refractivity contribution in [3.05, 3.63) is 0 Å². The highest BCUT2D eigenvalue weighted by molar-refractivity contribution is 5.84. The van der Waals surface area contributed by atoms with Gasteiger partial charge in [-0.2, -0.15) is 0 Å². The van der Waals surface area contributed by atoms with Gasteiger partial charge in [0.2, 0.25) is 11.8 Å². The van der Waals surface area contributed by atoms with Gasteiger partial charge in [-0.1, -0.05) is 0 Å². The van der Waals surface area contributed by atoms with E-state index in [1.54, 1.807) is 14.1 Å². The summed E-state index contributed by atoms with van der Waals surface area (Å²) in [5.41, 5.74) is 0. The fraction of sp³-hybridized carbons (Fsp3) is 0.800. The van der Waals surface area contributed by atoms with Gasteiger partial charge in [-0.3, -0.25) is 9.59 Å².